The van der Waals surface area contributed by atoms with Gasteiger partial charge in [0.2, 0.25) is 5.91 Å². The van der Waals surface area contributed by atoms with Crippen LogP contribution in [0.15, 0.2) is 30.4 Å². The van der Waals surface area contributed by atoms with Crippen LogP contribution < -0.4 is 15.0 Å². The van der Waals surface area contributed by atoms with Crippen molar-refractivity contribution < 1.29 is 14.3 Å². The summed E-state index contributed by atoms with van der Waals surface area (Å²) in [7, 11) is 0. The summed E-state index contributed by atoms with van der Waals surface area (Å²) >= 11 is 0. The molecule has 0 aromatic heterocycles. The zero-order valence-electron chi connectivity index (χ0n) is 14.4. The lowest BCUT2D eigenvalue weighted by molar-refractivity contribution is -0.125. The van der Waals surface area contributed by atoms with Crippen molar-refractivity contribution in [2.75, 3.05) is 16.8 Å². The largest absolute Gasteiger partial charge is 0.479 e. The predicted molar refractivity (Wildman–Crippen MR) is 91.8 cm³/mol. The number of rotatable bonds is 3. The lowest BCUT2D eigenvalue weighted by Gasteiger charge is -2.33. The third kappa shape index (κ3) is 3.73. The van der Waals surface area contributed by atoms with Crippen LogP contribution in [0.2, 0.25) is 0 Å². The highest BCUT2D eigenvalue weighted by atomic mass is 16.5. The minimum absolute atomic E-state index is 0.0730. The summed E-state index contributed by atoms with van der Waals surface area (Å²) in [5.74, 6) is 0.424. The fourth-order valence-corrected chi connectivity index (χ4v) is 2.24. The SMILES string of the molecule is C=C(C)CN1C(=O)C(C)Oc2cc(NC(=O)C(C)(C)C)ccc21. The first-order valence-corrected chi connectivity index (χ1v) is 7.67. The van der Waals surface area contributed by atoms with Gasteiger partial charge in [0.25, 0.3) is 5.91 Å². The topological polar surface area (TPSA) is 58.6 Å². The maximum atomic E-state index is 12.3. The summed E-state index contributed by atoms with van der Waals surface area (Å²) in [6, 6.07) is 5.33. The van der Waals surface area contributed by atoms with Crippen molar-refractivity contribution in [2.45, 2.75) is 40.7 Å². The molecule has 23 heavy (non-hydrogen) atoms. The Morgan fingerprint density at radius 1 is 1.39 bits per heavy atom. The molecule has 0 saturated heterocycles. The van der Waals surface area contributed by atoms with Crippen LogP contribution in [0.1, 0.15) is 34.6 Å². The lowest BCUT2D eigenvalue weighted by atomic mass is 9.95. The van der Waals surface area contributed by atoms with Crippen LogP contribution in [0, 0.1) is 5.41 Å². The van der Waals surface area contributed by atoms with E-state index in [9.17, 15) is 9.59 Å². The number of benzene rings is 1. The van der Waals surface area contributed by atoms with E-state index < -0.39 is 11.5 Å². The van der Waals surface area contributed by atoms with Gasteiger partial charge < -0.3 is 15.0 Å². The molecule has 1 N–H and O–H groups in total. The maximum absolute atomic E-state index is 12.3. The van der Waals surface area contributed by atoms with Gasteiger partial charge in [-0.1, -0.05) is 32.9 Å². The molecule has 124 valence electrons. The van der Waals surface area contributed by atoms with Crippen LogP contribution >= 0.6 is 0 Å². The molecule has 5 nitrogen and oxygen atoms in total. The molecule has 0 radical (unpaired) electrons. The molecule has 0 fully saturated rings. The van der Waals surface area contributed by atoms with E-state index in [0.717, 1.165) is 5.57 Å². The van der Waals surface area contributed by atoms with Crippen molar-refractivity contribution in [1.29, 1.82) is 0 Å². The van der Waals surface area contributed by atoms with Crippen LogP contribution in [-0.4, -0.2) is 24.5 Å². The minimum atomic E-state index is -0.560. The van der Waals surface area contributed by atoms with E-state index in [-0.39, 0.29) is 11.8 Å². The number of nitrogens with one attached hydrogen (secondary N) is 1. The number of fused-ring (bicyclic) bond motifs is 1. The van der Waals surface area contributed by atoms with Gasteiger partial charge in [0.1, 0.15) is 5.75 Å². The molecule has 0 spiro atoms. The first-order valence-electron chi connectivity index (χ1n) is 7.67. The van der Waals surface area contributed by atoms with E-state index in [1.807, 2.05) is 27.7 Å². The van der Waals surface area contributed by atoms with Crippen LogP contribution in [-0.2, 0) is 9.59 Å². The zero-order valence-corrected chi connectivity index (χ0v) is 14.4. The molecule has 1 aromatic carbocycles. The summed E-state index contributed by atoms with van der Waals surface area (Å²) in [5.41, 5.74) is 1.76. The van der Waals surface area contributed by atoms with E-state index in [1.54, 1.807) is 30.0 Å². The molecule has 1 aliphatic rings. The number of hydrogen-bond donors (Lipinski definition) is 1. The number of amides is 2. The summed E-state index contributed by atoms with van der Waals surface area (Å²) < 4.78 is 5.69. The zero-order chi connectivity index (χ0) is 17.4. The van der Waals surface area contributed by atoms with Crippen LogP contribution in [0.3, 0.4) is 0 Å². The molecule has 2 amide bonds. The Morgan fingerprint density at radius 2 is 2.04 bits per heavy atom. The molecule has 2 rings (SSSR count). The number of anilines is 2. The number of carbonyl (C=O) groups is 2. The Hall–Kier alpha value is -2.30. The van der Waals surface area contributed by atoms with Gasteiger partial charge in [-0.25, -0.2) is 0 Å². The third-order valence-corrected chi connectivity index (χ3v) is 3.54. The Bertz CT molecular complexity index is 659. The Morgan fingerprint density at radius 3 is 2.61 bits per heavy atom. The van der Waals surface area contributed by atoms with E-state index in [0.29, 0.717) is 23.7 Å². The highest BCUT2D eigenvalue weighted by molar-refractivity contribution is 6.01. The summed E-state index contributed by atoms with van der Waals surface area (Å²) in [5, 5.41) is 2.87. The molecule has 0 saturated carbocycles. The standard InChI is InChI=1S/C18H24N2O3/c1-11(2)10-20-14-8-7-13(19-17(22)18(4,5)6)9-15(14)23-12(3)16(20)21/h7-9,12H,1,10H2,2-6H3,(H,19,22). The second kappa shape index (κ2) is 6.07. The normalized spacial score (nSPS) is 17.3. The van der Waals surface area contributed by atoms with Crippen LogP contribution in [0.25, 0.3) is 0 Å². The van der Waals surface area contributed by atoms with Gasteiger partial charge in [-0.2, -0.15) is 0 Å². The third-order valence-electron chi connectivity index (χ3n) is 3.54. The lowest BCUT2D eigenvalue weighted by Crippen LogP contribution is -2.45. The first-order chi connectivity index (χ1) is 10.6. The predicted octanol–water partition coefficient (Wildman–Crippen LogP) is 3.36. The van der Waals surface area contributed by atoms with Crippen molar-refractivity contribution in [3.05, 3.63) is 30.4 Å². The molecule has 1 heterocycles. The Labute approximate surface area is 137 Å². The average Bonchev–Trinajstić information content (AvgIpc) is 2.42. The van der Waals surface area contributed by atoms with E-state index in [4.69, 9.17) is 4.74 Å². The monoisotopic (exact) mass is 316 g/mol. The second-order valence-corrected chi connectivity index (χ2v) is 7.03. The molecule has 0 aliphatic carbocycles. The molecular weight excluding hydrogens is 292 g/mol. The molecule has 1 unspecified atom stereocenters. The Kier molecular flexibility index (Phi) is 4.50. The molecule has 1 aromatic rings. The summed E-state index contributed by atoms with van der Waals surface area (Å²) in [6.45, 7) is 13.5. The molecular formula is C18H24N2O3. The molecule has 5 heteroatoms. The Balaban J connectivity index is 2.32. The number of carbonyl (C=O) groups excluding carboxylic acids is 2. The van der Waals surface area contributed by atoms with E-state index >= 15 is 0 Å². The average molecular weight is 316 g/mol. The fraction of sp³-hybridized carbons (Fsp3) is 0.444. The van der Waals surface area contributed by atoms with Gasteiger partial charge in [0, 0.05) is 23.7 Å². The summed E-state index contributed by atoms with van der Waals surface area (Å²) in [6.07, 6.45) is -0.560. The van der Waals surface area contributed by atoms with Gasteiger partial charge in [0.15, 0.2) is 6.10 Å². The molecule has 1 aliphatic heterocycles. The highest BCUT2D eigenvalue weighted by Gasteiger charge is 2.31. The van der Waals surface area contributed by atoms with Gasteiger partial charge in [-0.15, -0.1) is 0 Å². The number of nitrogens with zero attached hydrogens (tertiary/aromatic N) is 1. The minimum Gasteiger partial charge on any atom is -0.479 e. The van der Waals surface area contributed by atoms with Gasteiger partial charge in [-0.3, -0.25) is 9.59 Å². The van der Waals surface area contributed by atoms with Gasteiger partial charge in [-0.05, 0) is 26.0 Å². The van der Waals surface area contributed by atoms with Crippen molar-refractivity contribution in [1.82, 2.24) is 0 Å². The van der Waals surface area contributed by atoms with Crippen molar-refractivity contribution in [2.24, 2.45) is 5.41 Å². The number of ether oxygens (including phenoxy) is 1. The van der Waals surface area contributed by atoms with Gasteiger partial charge >= 0.3 is 0 Å². The fourth-order valence-electron chi connectivity index (χ4n) is 2.24. The second-order valence-electron chi connectivity index (χ2n) is 7.03. The maximum Gasteiger partial charge on any atom is 0.268 e. The summed E-state index contributed by atoms with van der Waals surface area (Å²) in [4.78, 5) is 26.1. The highest BCUT2D eigenvalue weighted by Crippen LogP contribution is 2.37. The molecule has 0 bridgehead atoms. The van der Waals surface area contributed by atoms with Crippen molar-refractivity contribution in [3.63, 3.8) is 0 Å². The number of hydrogen-bond acceptors (Lipinski definition) is 3. The van der Waals surface area contributed by atoms with Gasteiger partial charge in [0.05, 0.1) is 5.69 Å². The van der Waals surface area contributed by atoms with E-state index in [2.05, 4.69) is 11.9 Å². The van der Waals surface area contributed by atoms with Crippen molar-refractivity contribution in [3.8, 4) is 5.75 Å². The van der Waals surface area contributed by atoms with Crippen LogP contribution in [0.4, 0.5) is 11.4 Å². The molecule has 1 atom stereocenters. The van der Waals surface area contributed by atoms with Crippen molar-refractivity contribution >= 4 is 23.2 Å². The van der Waals surface area contributed by atoms with E-state index in [1.165, 1.54) is 0 Å². The van der Waals surface area contributed by atoms with Crippen LogP contribution in [0.5, 0.6) is 5.75 Å². The first kappa shape index (κ1) is 17.1. The smallest absolute Gasteiger partial charge is 0.268 e. The quantitative estimate of drug-likeness (QED) is 0.870.